The van der Waals surface area contributed by atoms with Gasteiger partial charge in [-0.3, -0.25) is 0 Å². The molecule has 0 bridgehead atoms. The van der Waals surface area contributed by atoms with E-state index in [-0.39, 0.29) is 0 Å². The molecule has 1 unspecified atom stereocenters. The second-order valence-electron chi connectivity index (χ2n) is 8.61. The van der Waals surface area contributed by atoms with Gasteiger partial charge in [0.25, 0.3) is 0 Å². The summed E-state index contributed by atoms with van der Waals surface area (Å²) in [5.74, 6) is 6.21. The summed E-state index contributed by atoms with van der Waals surface area (Å²) in [5, 5.41) is 11.4. The van der Waals surface area contributed by atoms with Crippen LogP contribution in [-0.2, 0) is 6.42 Å². The summed E-state index contributed by atoms with van der Waals surface area (Å²) in [4.78, 5) is 0. The maximum absolute atomic E-state index is 10.2. The topological polar surface area (TPSA) is 33.4 Å². The van der Waals surface area contributed by atoms with Gasteiger partial charge in [0.15, 0.2) is 0 Å². The van der Waals surface area contributed by atoms with Crippen molar-refractivity contribution in [1.82, 2.24) is 0 Å². The van der Waals surface area contributed by atoms with Crippen LogP contribution in [0.5, 0.6) is 0 Å². The van der Waals surface area contributed by atoms with E-state index in [9.17, 15) is 5.11 Å². The van der Waals surface area contributed by atoms with E-state index >= 15 is 0 Å². The Morgan fingerprint density at radius 2 is 1.48 bits per heavy atom. The molecule has 0 amide bonds. The Morgan fingerprint density at radius 3 is 2.07 bits per heavy atom. The van der Waals surface area contributed by atoms with Gasteiger partial charge < -0.3 is 9.52 Å². The highest BCUT2D eigenvalue weighted by atomic mass is 28.3. The molecule has 1 rings (SSSR count). The van der Waals surface area contributed by atoms with Crippen LogP contribution in [0.4, 0.5) is 0 Å². The molecule has 1 heterocycles. The summed E-state index contributed by atoms with van der Waals surface area (Å²) >= 11 is 0. The molecule has 29 heavy (non-hydrogen) atoms. The number of hydrogen-bond donors (Lipinski definition) is 1. The third-order valence-corrected chi connectivity index (χ3v) is 12.0. The van der Waals surface area contributed by atoms with Crippen LogP contribution < -0.4 is 5.38 Å². The van der Waals surface area contributed by atoms with E-state index in [0.29, 0.717) is 6.42 Å². The van der Waals surface area contributed by atoms with Crippen molar-refractivity contribution in [2.24, 2.45) is 0 Å². The summed E-state index contributed by atoms with van der Waals surface area (Å²) in [6, 6.07) is 5.96. The first kappa shape index (κ1) is 26.1. The molecule has 0 radical (unpaired) electrons. The lowest BCUT2D eigenvalue weighted by Crippen LogP contribution is -2.44. The quantitative estimate of drug-likeness (QED) is 0.175. The normalized spacial score (nSPS) is 12.6. The molecule has 0 saturated heterocycles. The minimum Gasteiger partial charge on any atom is -0.474 e. The predicted octanol–water partition coefficient (Wildman–Crippen LogP) is 7.21. The average molecular weight is 419 g/mol. The fourth-order valence-corrected chi connectivity index (χ4v) is 7.49. The Kier molecular flexibility index (Phi) is 14.2. The zero-order valence-corrected chi connectivity index (χ0v) is 20.7. The lowest BCUT2D eigenvalue weighted by atomic mass is 10.1. The second-order valence-corrected chi connectivity index (χ2v) is 13.8. The molecule has 0 spiro atoms. The van der Waals surface area contributed by atoms with Gasteiger partial charge in [-0.05, 0) is 30.9 Å². The highest BCUT2D eigenvalue weighted by Crippen LogP contribution is 2.21. The molecule has 1 atom stereocenters. The van der Waals surface area contributed by atoms with Crippen LogP contribution in [0.15, 0.2) is 16.7 Å². The molecule has 0 saturated carbocycles. The van der Waals surface area contributed by atoms with Crippen molar-refractivity contribution in [2.45, 2.75) is 129 Å². The standard InChI is InChI=1S/C26H46O2Si/c1-5-9-10-11-12-13-14-15-16-17-18-19-25(27)21-20-24-22-26(28-23-24)29(6-2,7-3)8-4/h22-23,25,27H,5-17,20-21H2,1-4H3. The van der Waals surface area contributed by atoms with Crippen LogP contribution in [0, 0.1) is 11.8 Å². The van der Waals surface area contributed by atoms with E-state index in [0.717, 1.165) is 19.3 Å². The van der Waals surface area contributed by atoms with Crippen molar-refractivity contribution in [3.8, 4) is 11.8 Å². The number of furan rings is 1. The fourth-order valence-electron chi connectivity index (χ4n) is 4.15. The molecule has 0 aliphatic rings. The monoisotopic (exact) mass is 418 g/mol. The Balaban J connectivity index is 2.20. The van der Waals surface area contributed by atoms with Gasteiger partial charge in [-0.1, -0.05) is 103 Å². The first-order valence-electron chi connectivity index (χ1n) is 12.4. The molecule has 1 aromatic heterocycles. The molecule has 166 valence electrons. The molecule has 0 aromatic carbocycles. The van der Waals surface area contributed by atoms with Gasteiger partial charge in [-0.15, -0.1) is 5.92 Å². The van der Waals surface area contributed by atoms with Crippen molar-refractivity contribution in [3.63, 3.8) is 0 Å². The maximum atomic E-state index is 10.2. The van der Waals surface area contributed by atoms with E-state index in [4.69, 9.17) is 4.42 Å². The van der Waals surface area contributed by atoms with Crippen molar-refractivity contribution in [1.29, 1.82) is 0 Å². The minimum absolute atomic E-state index is 0.516. The number of unbranched alkanes of at least 4 members (excludes halogenated alkanes) is 9. The first-order chi connectivity index (χ1) is 14.1. The molecular formula is C26H46O2Si. The number of aliphatic hydroxyl groups excluding tert-OH is 1. The van der Waals surface area contributed by atoms with Crippen LogP contribution in [0.25, 0.3) is 0 Å². The minimum atomic E-state index is -1.43. The van der Waals surface area contributed by atoms with Gasteiger partial charge >= 0.3 is 0 Å². The number of aryl methyl sites for hydroxylation is 1. The molecule has 1 aromatic rings. The van der Waals surface area contributed by atoms with Gasteiger partial charge in [0.05, 0.1) is 11.6 Å². The highest BCUT2D eigenvalue weighted by Gasteiger charge is 2.32. The largest absolute Gasteiger partial charge is 0.474 e. The Bertz CT molecular complexity index is 569. The number of aliphatic hydroxyl groups is 1. The summed E-state index contributed by atoms with van der Waals surface area (Å²) in [7, 11) is -1.43. The summed E-state index contributed by atoms with van der Waals surface area (Å²) in [5.41, 5.74) is 1.21. The zero-order chi connectivity index (χ0) is 21.4. The fraction of sp³-hybridized carbons (Fsp3) is 0.769. The van der Waals surface area contributed by atoms with Gasteiger partial charge in [0.1, 0.15) is 14.2 Å². The van der Waals surface area contributed by atoms with Crippen LogP contribution in [0.2, 0.25) is 18.1 Å². The summed E-state index contributed by atoms with van der Waals surface area (Å²) < 4.78 is 5.95. The zero-order valence-electron chi connectivity index (χ0n) is 19.7. The molecule has 0 fully saturated rings. The van der Waals surface area contributed by atoms with Gasteiger partial charge in [0.2, 0.25) is 0 Å². The molecule has 0 aliphatic heterocycles. The molecule has 3 heteroatoms. The van der Waals surface area contributed by atoms with E-state index in [1.807, 2.05) is 6.26 Å². The molecule has 2 nitrogen and oxygen atoms in total. The van der Waals surface area contributed by atoms with Crippen molar-refractivity contribution >= 4 is 13.5 Å². The van der Waals surface area contributed by atoms with Gasteiger partial charge in [-0.25, -0.2) is 0 Å². The SMILES string of the molecule is CCCCCCCCCCCC#CC(O)CCc1coc([Si](CC)(CC)CC)c1. The Morgan fingerprint density at radius 1 is 0.897 bits per heavy atom. The third-order valence-electron chi connectivity index (χ3n) is 6.59. The molecule has 0 aliphatic carbocycles. The van der Waals surface area contributed by atoms with Crippen molar-refractivity contribution in [3.05, 3.63) is 17.9 Å². The summed E-state index contributed by atoms with van der Waals surface area (Å²) in [6.45, 7) is 9.17. The van der Waals surface area contributed by atoms with Crippen LogP contribution >= 0.6 is 0 Å². The lowest BCUT2D eigenvalue weighted by Gasteiger charge is -2.24. The third kappa shape index (κ3) is 10.1. The highest BCUT2D eigenvalue weighted by molar-refractivity contribution is 6.90. The predicted molar refractivity (Wildman–Crippen MR) is 129 cm³/mol. The van der Waals surface area contributed by atoms with Crippen LogP contribution in [-0.4, -0.2) is 19.3 Å². The molecule has 1 N–H and O–H groups in total. The second kappa shape index (κ2) is 15.8. The Hall–Kier alpha value is -0.983. The lowest BCUT2D eigenvalue weighted by molar-refractivity contribution is 0.222. The van der Waals surface area contributed by atoms with Crippen molar-refractivity contribution < 1.29 is 9.52 Å². The van der Waals surface area contributed by atoms with Gasteiger partial charge in [0, 0.05) is 6.42 Å². The number of hydrogen-bond acceptors (Lipinski definition) is 2. The Labute approximate surface area is 181 Å². The smallest absolute Gasteiger partial charge is 0.131 e. The maximum Gasteiger partial charge on any atom is 0.131 e. The van der Waals surface area contributed by atoms with Gasteiger partial charge in [-0.2, -0.15) is 0 Å². The summed E-state index contributed by atoms with van der Waals surface area (Å²) in [6.07, 6.45) is 15.9. The van der Waals surface area contributed by atoms with E-state index < -0.39 is 14.2 Å². The number of rotatable bonds is 16. The van der Waals surface area contributed by atoms with E-state index in [2.05, 4.69) is 45.6 Å². The van der Waals surface area contributed by atoms with E-state index in [1.165, 1.54) is 80.4 Å². The first-order valence-corrected chi connectivity index (χ1v) is 15.0. The molecular weight excluding hydrogens is 372 g/mol. The van der Waals surface area contributed by atoms with E-state index in [1.54, 1.807) is 0 Å². The average Bonchev–Trinajstić information content (AvgIpc) is 3.22. The van der Waals surface area contributed by atoms with Crippen LogP contribution in [0.3, 0.4) is 0 Å². The van der Waals surface area contributed by atoms with Crippen LogP contribution in [0.1, 0.15) is 104 Å². The van der Waals surface area contributed by atoms with Crippen molar-refractivity contribution in [2.75, 3.05) is 0 Å².